The number of benzene rings is 2. The van der Waals surface area contributed by atoms with Crippen LogP contribution in [0.2, 0.25) is 0 Å². The first kappa shape index (κ1) is 26.0. The van der Waals surface area contributed by atoms with Crippen molar-refractivity contribution < 1.29 is 23.7 Å². The predicted molar refractivity (Wildman–Crippen MR) is 146 cm³/mol. The molecule has 36 heavy (non-hydrogen) atoms. The van der Waals surface area contributed by atoms with E-state index in [0.29, 0.717) is 37.7 Å². The molecule has 0 saturated carbocycles. The Balaban J connectivity index is 1.95. The van der Waals surface area contributed by atoms with Gasteiger partial charge in [0.2, 0.25) is 0 Å². The van der Waals surface area contributed by atoms with E-state index in [1.165, 1.54) is 18.4 Å². The van der Waals surface area contributed by atoms with Crippen molar-refractivity contribution in [3.63, 3.8) is 0 Å². The molecule has 1 aliphatic rings. The molecule has 1 atom stereocenters. The maximum absolute atomic E-state index is 13.7. The molecule has 2 heterocycles. The van der Waals surface area contributed by atoms with Gasteiger partial charge in [-0.05, 0) is 77.9 Å². The van der Waals surface area contributed by atoms with Crippen LogP contribution in [0, 0.1) is 3.57 Å². The van der Waals surface area contributed by atoms with Crippen molar-refractivity contribution in [3.05, 3.63) is 82.1 Å². The van der Waals surface area contributed by atoms with E-state index in [0.717, 1.165) is 14.9 Å². The largest absolute Gasteiger partial charge is 0.496 e. The summed E-state index contributed by atoms with van der Waals surface area (Å²) in [5.41, 5.74) is 2.09. The average Bonchev–Trinajstić information content (AvgIpc) is 3.17. The summed E-state index contributed by atoms with van der Waals surface area (Å²) in [4.78, 5) is 31.9. The monoisotopic (exact) mass is 620 g/mol. The third-order valence-electron chi connectivity index (χ3n) is 5.71. The fourth-order valence-electron chi connectivity index (χ4n) is 4.05. The molecule has 0 bridgehead atoms. The lowest BCUT2D eigenvalue weighted by molar-refractivity contribution is -0.139. The highest BCUT2D eigenvalue weighted by Crippen LogP contribution is 2.36. The van der Waals surface area contributed by atoms with Gasteiger partial charge < -0.3 is 18.9 Å². The number of carbonyl (C=O) groups is 1. The van der Waals surface area contributed by atoms with Gasteiger partial charge in [0, 0.05) is 0 Å². The van der Waals surface area contributed by atoms with E-state index in [2.05, 4.69) is 27.6 Å². The second kappa shape index (κ2) is 10.9. The molecule has 0 spiro atoms. The number of allylic oxidation sites excluding steroid dienone is 1. The minimum atomic E-state index is -0.738. The van der Waals surface area contributed by atoms with E-state index in [4.69, 9.17) is 18.9 Å². The number of ether oxygens (including phenoxy) is 4. The van der Waals surface area contributed by atoms with Gasteiger partial charge in [-0.3, -0.25) is 9.36 Å². The van der Waals surface area contributed by atoms with Crippen LogP contribution in [0.4, 0.5) is 0 Å². The molecule has 0 radical (unpaired) electrons. The van der Waals surface area contributed by atoms with Gasteiger partial charge >= 0.3 is 5.97 Å². The molecule has 0 N–H and O–H groups in total. The molecule has 0 amide bonds. The van der Waals surface area contributed by atoms with Gasteiger partial charge in [0.25, 0.3) is 5.56 Å². The summed E-state index contributed by atoms with van der Waals surface area (Å²) in [6.07, 6.45) is 1.82. The van der Waals surface area contributed by atoms with Gasteiger partial charge in [0.1, 0.15) is 5.75 Å². The molecule has 8 nitrogen and oxygen atoms in total. The molecule has 0 aliphatic carbocycles. The number of carbonyl (C=O) groups excluding carboxylic acids is 1. The highest BCUT2D eigenvalue weighted by molar-refractivity contribution is 14.1. The first-order chi connectivity index (χ1) is 17.3. The van der Waals surface area contributed by atoms with Gasteiger partial charge in [0.15, 0.2) is 16.3 Å². The number of halogens is 1. The lowest BCUT2D eigenvalue weighted by atomic mass is 9.95. The van der Waals surface area contributed by atoms with Gasteiger partial charge in [0.05, 0.1) is 53.4 Å². The zero-order valence-electron chi connectivity index (χ0n) is 20.5. The Morgan fingerprint density at radius 1 is 1.08 bits per heavy atom. The van der Waals surface area contributed by atoms with E-state index < -0.39 is 12.0 Å². The van der Waals surface area contributed by atoms with Crippen LogP contribution in [0.1, 0.15) is 31.0 Å². The maximum atomic E-state index is 13.7. The summed E-state index contributed by atoms with van der Waals surface area (Å²) in [6.45, 7) is 3.70. The number of aromatic nitrogens is 1. The quantitative estimate of drug-likeness (QED) is 0.297. The number of fused-ring (bicyclic) bond motifs is 1. The van der Waals surface area contributed by atoms with Crippen LogP contribution in [-0.2, 0) is 9.53 Å². The molecule has 188 valence electrons. The molecular weight excluding hydrogens is 595 g/mol. The molecule has 10 heteroatoms. The lowest BCUT2D eigenvalue weighted by Crippen LogP contribution is -2.40. The first-order valence-electron chi connectivity index (χ1n) is 11.1. The third-order valence-corrected chi connectivity index (χ3v) is 7.54. The van der Waals surface area contributed by atoms with Crippen LogP contribution in [0.15, 0.2) is 57.5 Å². The van der Waals surface area contributed by atoms with Gasteiger partial charge in [-0.25, -0.2) is 9.79 Å². The van der Waals surface area contributed by atoms with E-state index in [1.54, 1.807) is 44.8 Å². The Hall–Kier alpha value is -3.12. The van der Waals surface area contributed by atoms with Crippen molar-refractivity contribution in [2.45, 2.75) is 19.9 Å². The van der Waals surface area contributed by atoms with Crippen LogP contribution in [-0.4, -0.2) is 38.5 Å². The number of thiazole rings is 1. The van der Waals surface area contributed by atoms with Gasteiger partial charge in [-0.1, -0.05) is 23.5 Å². The number of nitrogens with zero attached hydrogens (tertiary/aromatic N) is 2. The van der Waals surface area contributed by atoms with E-state index >= 15 is 0 Å². The summed E-state index contributed by atoms with van der Waals surface area (Å²) < 4.78 is 24.5. The van der Waals surface area contributed by atoms with E-state index in [1.807, 2.05) is 30.3 Å². The lowest BCUT2D eigenvalue weighted by Gasteiger charge is -2.25. The van der Waals surface area contributed by atoms with Crippen LogP contribution in [0.25, 0.3) is 6.08 Å². The number of hydrogen-bond donors (Lipinski definition) is 0. The normalized spacial score (nSPS) is 15.3. The summed E-state index contributed by atoms with van der Waals surface area (Å²) in [5, 5.41) is 0. The summed E-state index contributed by atoms with van der Waals surface area (Å²) >= 11 is 3.47. The van der Waals surface area contributed by atoms with Gasteiger partial charge in [-0.2, -0.15) is 0 Å². The highest BCUT2D eigenvalue weighted by atomic mass is 127. The smallest absolute Gasteiger partial charge is 0.338 e. The zero-order chi connectivity index (χ0) is 26.0. The SMILES string of the molecule is CCOC(=O)C1=C(C)N=c2sc(=Cc3ccc(OC)c(I)c3)c(=O)n2C1c1ccc(OC)c(OC)c1. The summed E-state index contributed by atoms with van der Waals surface area (Å²) in [6, 6.07) is 10.3. The fraction of sp³-hybridized carbons (Fsp3) is 0.269. The molecule has 2 aromatic carbocycles. The predicted octanol–water partition coefficient (Wildman–Crippen LogP) is 3.43. The molecule has 1 aromatic heterocycles. The standard InChI is InChI=1S/C26H25IN2O6S/c1-6-35-25(31)22-14(2)28-26-29(23(22)16-8-10-19(33-4)20(13-16)34-5)24(30)21(36-26)12-15-7-9-18(32-3)17(27)11-15/h7-13,23H,6H2,1-5H3. The van der Waals surface area contributed by atoms with Crippen LogP contribution < -0.4 is 29.1 Å². The molecule has 3 aromatic rings. The molecular formula is C26H25IN2O6S. The number of esters is 1. The first-order valence-corrected chi connectivity index (χ1v) is 13.0. The number of rotatable bonds is 7. The van der Waals surface area contributed by atoms with Crippen molar-refractivity contribution in [1.29, 1.82) is 0 Å². The Labute approximate surface area is 225 Å². The topological polar surface area (TPSA) is 88.4 Å². The second-order valence-corrected chi connectivity index (χ2v) is 9.98. The number of methoxy groups -OCH3 is 3. The Morgan fingerprint density at radius 2 is 1.78 bits per heavy atom. The Kier molecular flexibility index (Phi) is 7.84. The molecule has 0 fully saturated rings. The Morgan fingerprint density at radius 3 is 2.42 bits per heavy atom. The molecule has 4 rings (SSSR count). The van der Waals surface area contributed by atoms with Crippen LogP contribution >= 0.6 is 33.9 Å². The molecule has 0 saturated heterocycles. The highest BCUT2D eigenvalue weighted by Gasteiger charge is 2.33. The zero-order valence-corrected chi connectivity index (χ0v) is 23.4. The third kappa shape index (κ3) is 4.79. The van der Waals surface area contributed by atoms with Gasteiger partial charge in [-0.15, -0.1) is 0 Å². The van der Waals surface area contributed by atoms with Crippen LogP contribution in [0.5, 0.6) is 17.2 Å². The fourth-order valence-corrected chi connectivity index (χ4v) is 5.86. The van der Waals surface area contributed by atoms with Crippen molar-refractivity contribution in [2.24, 2.45) is 4.99 Å². The average molecular weight is 620 g/mol. The van der Waals surface area contributed by atoms with Crippen molar-refractivity contribution in [2.75, 3.05) is 27.9 Å². The second-order valence-electron chi connectivity index (χ2n) is 7.81. The van der Waals surface area contributed by atoms with Crippen molar-refractivity contribution >= 4 is 46.0 Å². The minimum Gasteiger partial charge on any atom is -0.496 e. The van der Waals surface area contributed by atoms with E-state index in [-0.39, 0.29) is 12.2 Å². The van der Waals surface area contributed by atoms with Crippen molar-refractivity contribution in [3.8, 4) is 17.2 Å². The molecule has 1 unspecified atom stereocenters. The Bertz CT molecular complexity index is 1540. The van der Waals surface area contributed by atoms with Crippen molar-refractivity contribution in [1.82, 2.24) is 4.57 Å². The summed E-state index contributed by atoms with van der Waals surface area (Å²) in [5.74, 6) is 1.28. The number of hydrogen-bond acceptors (Lipinski definition) is 8. The molecule has 1 aliphatic heterocycles. The van der Waals surface area contributed by atoms with Crippen LogP contribution in [0.3, 0.4) is 0 Å². The van der Waals surface area contributed by atoms with E-state index in [9.17, 15) is 9.59 Å². The maximum Gasteiger partial charge on any atom is 0.338 e. The minimum absolute atomic E-state index is 0.203. The summed E-state index contributed by atoms with van der Waals surface area (Å²) in [7, 11) is 4.71.